The maximum Gasteiger partial charge on any atom is 0.290 e. The van der Waals surface area contributed by atoms with E-state index in [2.05, 4.69) is 66.3 Å². The maximum absolute atomic E-state index is 11.1. The van der Waals surface area contributed by atoms with Gasteiger partial charge in [0.1, 0.15) is 0 Å². The van der Waals surface area contributed by atoms with E-state index in [0.717, 1.165) is 19.3 Å². The zero-order valence-corrected chi connectivity index (χ0v) is 17.5. The summed E-state index contributed by atoms with van der Waals surface area (Å²) in [6, 6.07) is 6.82. The lowest BCUT2D eigenvalue weighted by molar-refractivity contribution is 0.487. The van der Waals surface area contributed by atoms with Gasteiger partial charge in [-0.25, -0.2) is 0 Å². The highest BCUT2D eigenvalue weighted by Crippen LogP contribution is 2.34. The molecule has 0 saturated carbocycles. The van der Waals surface area contributed by atoms with E-state index in [4.69, 9.17) is 4.55 Å². The molecule has 142 valence electrons. The van der Waals surface area contributed by atoms with Crippen molar-refractivity contribution in [2.45, 2.75) is 84.5 Å². The van der Waals surface area contributed by atoms with Crippen LogP contribution in [0.25, 0.3) is 0 Å². The van der Waals surface area contributed by atoms with Crippen molar-refractivity contribution in [3.05, 3.63) is 46.4 Å². The number of benzene rings is 1. The van der Waals surface area contributed by atoms with Gasteiger partial charge in [0.2, 0.25) is 0 Å². The van der Waals surface area contributed by atoms with Gasteiger partial charge < -0.3 is 0 Å². The highest BCUT2D eigenvalue weighted by molar-refractivity contribution is 7.89. The van der Waals surface area contributed by atoms with Crippen molar-refractivity contribution < 1.29 is 13.0 Å². The smallest absolute Gasteiger partial charge is 0.282 e. The second kappa shape index (κ2) is 8.05. The second-order valence-electron chi connectivity index (χ2n) is 8.26. The van der Waals surface area contributed by atoms with Crippen LogP contribution in [0.2, 0.25) is 0 Å². The minimum Gasteiger partial charge on any atom is -0.282 e. The zero-order valence-electron chi connectivity index (χ0n) is 16.6. The number of allylic oxidation sites excluding steroid dienone is 1. The Morgan fingerprint density at radius 3 is 1.80 bits per heavy atom. The van der Waals surface area contributed by atoms with E-state index in [1.807, 2.05) is 0 Å². The van der Waals surface area contributed by atoms with Crippen LogP contribution in [0.15, 0.2) is 29.7 Å². The molecule has 0 spiro atoms. The summed E-state index contributed by atoms with van der Waals surface area (Å²) in [5.74, 6) is 0. The van der Waals surface area contributed by atoms with E-state index < -0.39 is 10.1 Å². The van der Waals surface area contributed by atoms with Gasteiger partial charge in [0.15, 0.2) is 0 Å². The molecule has 0 atom stereocenters. The number of hydrogen-bond acceptors (Lipinski definition) is 2. The molecule has 0 saturated heterocycles. The van der Waals surface area contributed by atoms with Crippen molar-refractivity contribution in [3.8, 4) is 0 Å². The molecule has 0 aliphatic rings. The van der Waals surface area contributed by atoms with Gasteiger partial charge in [-0.05, 0) is 59.6 Å². The van der Waals surface area contributed by atoms with E-state index in [-0.39, 0.29) is 22.2 Å². The molecule has 0 radical (unpaired) electrons. The molecule has 25 heavy (non-hydrogen) atoms. The quantitative estimate of drug-likeness (QED) is 0.563. The summed E-state index contributed by atoms with van der Waals surface area (Å²) in [7, 11) is -4.12. The van der Waals surface area contributed by atoms with Crippen molar-refractivity contribution in [3.63, 3.8) is 0 Å². The van der Waals surface area contributed by atoms with Crippen LogP contribution >= 0.6 is 0 Å². The molecule has 3 nitrogen and oxygen atoms in total. The average Bonchev–Trinajstić information content (AvgIpc) is 2.53. The van der Waals surface area contributed by atoms with Gasteiger partial charge in [0, 0.05) is 0 Å². The minimum atomic E-state index is -4.12. The summed E-state index contributed by atoms with van der Waals surface area (Å²) < 4.78 is 31.2. The first-order valence-electron chi connectivity index (χ1n) is 9.13. The first-order chi connectivity index (χ1) is 11.3. The molecule has 0 bridgehead atoms. The average molecular weight is 367 g/mol. The monoisotopic (exact) mass is 366 g/mol. The summed E-state index contributed by atoms with van der Waals surface area (Å²) in [5.41, 5.74) is 4.09. The molecule has 0 aromatic heterocycles. The summed E-state index contributed by atoms with van der Waals surface area (Å²) in [4.78, 5) is -0.105. The summed E-state index contributed by atoms with van der Waals surface area (Å²) >= 11 is 0. The molecule has 1 N–H and O–H groups in total. The molecular formula is C21H34O3S. The summed E-state index contributed by atoms with van der Waals surface area (Å²) in [6.45, 7) is 16.9. The molecule has 0 aliphatic heterocycles. The predicted octanol–water partition coefficient (Wildman–Crippen LogP) is 5.79. The van der Waals surface area contributed by atoms with Crippen LogP contribution in [-0.4, -0.2) is 13.0 Å². The Labute approximate surface area is 154 Å². The highest BCUT2D eigenvalue weighted by atomic mass is 32.2. The normalized spacial score (nSPS) is 13.1. The lowest BCUT2D eigenvalue weighted by Gasteiger charge is -2.29. The first kappa shape index (κ1) is 21.9. The van der Waals surface area contributed by atoms with Gasteiger partial charge in [0.25, 0.3) is 10.1 Å². The maximum atomic E-state index is 11.1. The van der Waals surface area contributed by atoms with Crippen molar-refractivity contribution in [2.24, 2.45) is 0 Å². The largest absolute Gasteiger partial charge is 0.290 e. The topological polar surface area (TPSA) is 54.4 Å². The van der Waals surface area contributed by atoms with E-state index >= 15 is 0 Å². The molecule has 0 aliphatic carbocycles. The Kier molecular flexibility index (Phi) is 7.05. The molecule has 1 aromatic carbocycles. The number of hydrogen-bond donors (Lipinski definition) is 1. The Hall–Kier alpha value is -1.13. The third-order valence-corrected chi connectivity index (χ3v) is 6.54. The SMILES string of the molecule is C=C(CCCc1cc(C(C)(C)CC)cc(C(C)(C)CC)c1)S(=O)(=O)O. The Bertz CT molecular complexity index is 678. The highest BCUT2D eigenvalue weighted by Gasteiger charge is 2.24. The zero-order chi connectivity index (χ0) is 19.5. The van der Waals surface area contributed by atoms with E-state index in [0.29, 0.717) is 6.42 Å². The lowest BCUT2D eigenvalue weighted by Crippen LogP contribution is -2.20. The van der Waals surface area contributed by atoms with Crippen molar-refractivity contribution in [2.75, 3.05) is 0 Å². The van der Waals surface area contributed by atoms with Crippen molar-refractivity contribution in [1.82, 2.24) is 0 Å². The van der Waals surface area contributed by atoms with E-state index in [1.54, 1.807) is 0 Å². The van der Waals surface area contributed by atoms with Crippen LogP contribution in [0.3, 0.4) is 0 Å². The van der Waals surface area contributed by atoms with E-state index in [1.165, 1.54) is 16.7 Å². The summed E-state index contributed by atoms with van der Waals surface area (Å²) in [5, 5.41) is 0. The van der Waals surface area contributed by atoms with Crippen LogP contribution < -0.4 is 0 Å². The molecular weight excluding hydrogens is 332 g/mol. The number of rotatable bonds is 9. The second-order valence-corrected chi connectivity index (χ2v) is 9.79. The van der Waals surface area contributed by atoms with Gasteiger partial charge in [-0.1, -0.05) is 66.3 Å². The van der Waals surface area contributed by atoms with Gasteiger partial charge in [0.05, 0.1) is 4.91 Å². The fraction of sp³-hybridized carbons (Fsp3) is 0.619. The third-order valence-electron chi connectivity index (χ3n) is 5.61. The van der Waals surface area contributed by atoms with Crippen molar-refractivity contribution >= 4 is 10.1 Å². The van der Waals surface area contributed by atoms with E-state index in [9.17, 15) is 8.42 Å². The molecule has 0 heterocycles. The molecule has 0 fully saturated rings. The molecule has 0 unspecified atom stereocenters. The number of aryl methyl sites for hydroxylation is 1. The van der Waals surface area contributed by atoms with Crippen LogP contribution in [0.4, 0.5) is 0 Å². The molecule has 4 heteroatoms. The fourth-order valence-corrected chi connectivity index (χ4v) is 3.05. The lowest BCUT2D eigenvalue weighted by atomic mass is 9.75. The van der Waals surface area contributed by atoms with Gasteiger partial charge in [-0.3, -0.25) is 4.55 Å². The minimum absolute atomic E-state index is 0.104. The standard InChI is InChI=1S/C21H34O3S/c1-8-20(4,5)18-13-17(12-10-11-16(3)25(22,23)24)14-19(15-18)21(6,7)9-2/h13-15H,3,8-12H2,1-2,4-7H3,(H,22,23,24). The van der Waals surface area contributed by atoms with Crippen molar-refractivity contribution in [1.29, 1.82) is 0 Å². The van der Waals surface area contributed by atoms with Crippen LogP contribution in [0.1, 0.15) is 83.9 Å². The van der Waals surface area contributed by atoms with Gasteiger partial charge >= 0.3 is 0 Å². The molecule has 1 aromatic rings. The Morgan fingerprint density at radius 1 is 1.00 bits per heavy atom. The van der Waals surface area contributed by atoms with Gasteiger partial charge in [-0.15, -0.1) is 0 Å². The molecule has 1 rings (SSSR count). The Morgan fingerprint density at radius 2 is 1.44 bits per heavy atom. The fourth-order valence-electron chi connectivity index (χ4n) is 2.64. The molecule has 0 amide bonds. The third kappa shape index (κ3) is 5.96. The predicted molar refractivity (Wildman–Crippen MR) is 107 cm³/mol. The van der Waals surface area contributed by atoms with Crippen LogP contribution in [0.5, 0.6) is 0 Å². The Balaban J connectivity index is 3.12. The summed E-state index contributed by atoms with van der Waals surface area (Å²) in [6.07, 6.45) is 3.83. The van der Waals surface area contributed by atoms with Crippen LogP contribution in [0, 0.1) is 0 Å². The first-order valence-corrected chi connectivity index (χ1v) is 10.6. The van der Waals surface area contributed by atoms with Crippen LogP contribution in [-0.2, 0) is 27.4 Å². The van der Waals surface area contributed by atoms with Gasteiger partial charge in [-0.2, -0.15) is 8.42 Å².